The second-order valence-electron chi connectivity index (χ2n) is 5.46. The van der Waals surface area contributed by atoms with E-state index in [1.807, 2.05) is 43.8 Å². The van der Waals surface area contributed by atoms with Crippen LogP contribution in [0.3, 0.4) is 0 Å². The summed E-state index contributed by atoms with van der Waals surface area (Å²) in [4.78, 5) is 12.2. The fourth-order valence-electron chi connectivity index (χ4n) is 2.70. The van der Waals surface area contributed by atoms with Crippen molar-refractivity contribution in [1.82, 2.24) is 20.0 Å². The number of aryl methyl sites for hydroxylation is 2. The molecule has 6 heteroatoms. The SMILES string of the molecule is Cc1nn(C)c(C)c1CCC(=O)Nc1cccc2cn[nH]c12. The van der Waals surface area contributed by atoms with Crippen molar-refractivity contribution in [3.05, 3.63) is 41.3 Å². The summed E-state index contributed by atoms with van der Waals surface area (Å²) in [6.07, 6.45) is 2.86. The van der Waals surface area contributed by atoms with E-state index in [0.717, 1.165) is 33.5 Å². The molecular weight excluding hydrogens is 278 g/mol. The molecular formula is C16H19N5O. The Morgan fingerprint density at radius 1 is 1.36 bits per heavy atom. The molecule has 0 radical (unpaired) electrons. The normalized spacial score (nSPS) is 11.0. The van der Waals surface area contributed by atoms with Gasteiger partial charge in [-0.15, -0.1) is 0 Å². The van der Waals surface area contributed by atoms with Crippen molar-refractivity contribution in [3.8, 4) is 0 Å². The first-order chi connectivity index (χ1) is 10.6. The Kier molecular flexibility index (Phi) is 3.66. The Balaban J connectivity index is 1.69. The molecule has 0 aliphatic heterocycles. The van der Waals surface area contributed by atoms with E-state index in [1.54, 1.807) is 6.20 Å². The van der Waals surface area contributed by atoms with Gasteiger partial charge < -0.3 is 5.32 Å². The van der Waals surface area contributed by atoms with E-state index in [4.69, 9.17) is 0 Å². The average Bonchev–Trinajstić information content (AvgIpc) is 3.04. The molecule has 0 spiro atoms. The smallest absolute Gasteiger partial charge is 0.224 e. The summed E-state index contributed by atoms with van der Waals surface area (Å²) in [5.41, 5.74) is 4.87. The summed E-state index contributed by atoms with van der Waals surface area (Å²) < 4.78 is 1.86. The number of nitrogens with zero attached hydrogens (tertiary/aromatic N) is 3. The molecule has 2 aromatic heterocycles. The zero-order valence-corrected chi connectivity index (χ0v) is 13.0. The highest BCUT2D eigenvalue weighted by Crippen LogP contribution is 2.21. The van der Waals surface area contributed by atoms with E-state index in [1.165, 1.54) is 0 Å². The summed E-state index contributed by atoms with van der Waals surface area (Å²) >= 11 is 0. The molecule has 0 fully saturated rings. The second-order valence-corrected chi connectivity index (χ2v) is 5.46. The lowest BCUT2D eigenvalue weighted by molar-refractivity contribution is -0.116. The quantitative estimate of drug-likeness (QED) is 0.777. The number of hydrogen-bond donors (Lipinski definition) is 2. The largest absolute Gasteiger partial charge is 0.324 e. The molecule has 0 unspecified atom stereocenters. The van der Waals surface area contributed by atoms with Crippen LogP contribution in [0.2, 0.25) is 0 Å². The minimum atomic E-state index is -0.00949. The van der Waals surface area contributed by atoms with Crippen LogP contribution in [-0.4, -0.2) is 25.9 Å². The summed E-state index contributed by atoms with van der Waals surface area (Å²) in [7, 11) is 1.92. The van der Waals surface area contributed by atoms with Gasteiger partial charge in [-0.25, -0.2) is 0 Å². The van der Waals surface area contributed by atoms with Crippen molar-refractivity contribution >= 4 is 22.5 Å². The second kappa shape index (κ2) is 5.63. The first-order valence-corrected chi connectivity index (χ1v) is 7.27. The van der Waals surface area contributed by atoms with Crippen LogP contribution in [0.15, 0.2) is 24.4 Å². The van der Waals surface area contributed by atoms with Gasteiger partial charge in [0.25, 0.3) is 0 Å². The first-order valence-electron chi connectivity index (χ1n) is 7.27. The summed E-state index contributed by atoms with van der Waals surface area (Å²) in [6, 6.07) is 5.73. The first kappa shape index (κ1) is 14.3. The van der Waals surface area contributed by atoms with Gasteiger partial charge >= 0.3 is 0 Å². The lowest BCUT2D eigenvalue weighted by Crippen LogP contribution is -2.13. The molecule has 0 saturated carbocycles. The predicted molar refractivity (Wildman–Crippen MR) is 85.7 cm³/mol. The fourth-order valence-corrected chi connectivity index (χ4v) is 2.70. The van der Waals surface area contributed by atoms with Gasteiger partial charge in [0.1, 0.15) is 0 Å². The fraction of sp³-hybridized carbons (Fsp3) is 0.312. The predicted octanol–water partition coefficient (Wildman–Crippen LogP) is 2.48. The third kappa shape index (κ3) is 2.59. The number of benzene rings is 1. The molecule has 0 aliphatic carbocycles. The zero-order chi connectivity index (χ0) is 15.7. The number of H-pyrrole nitrogens is 1. The number of hydrogen-bond acceptors (Lipinski definition) is 3. The van der Waals surface area contributed by atoms with Gasteiger partial charge in [-0.05, 0) is 31.9 Å². The van der Waals surface area contributed by atoms with Crippen molar-refractivity contribution in [2.24, 2.45) is 7.05 Å². The molecule has 6 nitrogen and oxygen atoms in total. The van der Waals surface area contributed by atoms with Gasteiger partial charge in [0.05, 0.1) is 23.1 Å². The molecule has 1 amide bonds. The van der Waals surface area contributed by atoms with E-state index in [-0.39, 0.29) is 5.91 Å². The van der Waals surface area contributed by atoms with Crippen molar-refractivity contribution in [2.45, 2.75) is 26.7 Å². The van der Waals surface area contributed by atoms with Crippen molar-refractivity contribution in [1.29, 1.82) is 0 Å². The van der Waals surface area contributed by atoms with Crippen molar-refractivity contribution < 1.29 is 4.79 Å². The van der Waals surface area contributed by atoms with E-state index in [2.05, 4.69) is 20.6 Å². The molecule has 0 saturated heterocycles. The summed E-state index contributed by atoms with van der Waals surface area (Å²) in [6.45, 7) is 4.00. The molecule has 22 heavy (non-hydrogen) atoms. The molecule has 3 rings (SSSR count). The third-order valence-corrected chi connectivity index (χ3v) is 4.01. The molecule has 114 valence electrons. The number of rotatable bonds is 4. The van der Waals surface area contributed by atoms with Crippen LogP contribution in [0, 0.1) is 13.8 Å². The van der Waals surface area contributed by atoms with E-state index >= 15 is 0 Å². The van der Waals surface area contributed by atoms with Crippen LogP contribution in [0.1, 0.15) is 23.4 Å². The zero-order valence-electron chi connectivity index (χ0n) is 13.0. The molecule has 0 atom stereocenters. The number of amides is 1. The third-order valence-electron chi connectivity index (χ3n) is 4.01. The number of anilines is 1. The Labute approximate surface area is 128 Å². The van der Waals surface area contributed by atoms with Gasteiger partial charge in [0, 0.05) is 24.5 Å². The molecule has 2 N–H and O–H groups in total. The van der Waals surface area contributed by atoms with Crippen LogP contribution < -0.4 is 5.32 Å². The Morgan fingerprint density at radius 3 is 2.91 bits per heavy atom. The Hall–Kier alpha value is -2.63. The Morgan fingerprint density at radius 2 is 2.18 bits per heavy atom. The number of carbonyl (C=O) groups excluding carboxylic acids is 1. The van der Waals surface area contributed by atoms with Crippen molar-refractivity contribution in [2.75, 3.05) is 5.32 Å². The maximum absolute atomic E-state index is 12.2. The van der Waals surface area contributed by atoms with E-state index in [9.17, 15) is 4.79 Å². The number of carbonyl (C=O) groups is 1. The van der Waals surface area contributed by atoms with E-state index in [0.29, 0.717) is 12.8 Å². The molecule has 0 bridgehead atoms. The maximum atomic E-state index is 12.2. The molecule has 0 aliphatic rings. The van der Waals surface area contributed by atoms with Gasteiger partial charge in [-0.3, -0.25) is 14.6 Å². The molecule has 2 heterocycles. The topological polar surface area (TPSA) is 75.6 Å². The van der Waals surface area contributed by atoms with Crippen LogP contribution in [0.4, 0.5) is 5.69 Å². The summed E-state index contributed by atoms with van der Waals surface area (Å²) in [5.74, 6) is -0.00949. The maximum Gasteiger partial charge on any atom is 0.224 e. The number of nitrogens with one attached hydrogen (secondary N) is 2. The minimum Gasteiger partial charge on any atom is -0.324 e. The van der Waals surface area contributed by atoms with Crippen molar-refractivity contribution in [3.63, 3.8) is 0 Å². The molecule has 3 aromatic rings. The monoisotopic (exact) mass is 297 g/mol. The summed E-state index contributed by atoms with van der Waals surface area (Å²) in [5, 5.41) is 15.2. The lowest BCUT2D eigenvalue weighted by atomic mass is 10.1. The van der Waals surface area contributed by atoms with Gasteiger partial charge in [-0.1, -0.05) is 12.1 Å². The molecule has 1 aromatic carbocycles. The highest BCUT2D eigenvalue weighted by Gasteiger charge is 2.12. The lowest BCUT2D eigenvalue weighted by Gasteiger charge is -2.06. The van der Waals surface area contributed by atoms with Gasteiger partial charge in [0.2, 0.25) is 5.91 Å². The van der Waals surface area contributed by atoms with Gasteiger partial charge in [-0.2, -0.15) is 10.2 Å². The standard InChI is InChI=1S/C16H19N5O/c1-10-13(11(2)21(3)20-10)7-8-15(22)18-14-6-4-5-12-9-17-19-16(12)14/h4-6,9H,7-8H2,1-3H3,(H,17,19)(H,18,22). The highest BCUT2D eigenvalue weighted by atomic mass is 16.1. The van der Waals surface area contributed by atoms with Crippen LogP contribution in [-0.2, 0) is 18.3 Å². The minimum absolute atomic E-state index is 0.00949. The van der Waals surface area contributed by atoms with Crippen LogP contribution in [0.25, 0.3) is 10.9 Å². The van der Waals surface area contributed by atoms with Crippen LogP contribution in [0.5, 0.6) is 0 Å². The average molecular weight is 297 g/mol. The number of aromatic amines is 1. The number of aromatic nitrogens is 4. The van der Waals surface area contributed by atoms with Crippen LogP contribution >= 0.6 is 0 Å². The number of para-hydroxylation sites is 1. The highest BCUT2D eigenvalue weighted by molar-refractivity contribution is 6.00. The van der Waals surface area contributed by atoms with E-state index < -0.39 is 0 Å². The Bertz CT molecular complexity index is 830. The van der Waals surface area contributed by atoms with Gasteiger partial charge in [0.15, 0.2) is 0 Å². The number of fused-ring (bicyclic) bond motifs is 1.